The highest BCUT2D eigenvalue weighted by molar-refractivity contribution is 5.39. The molecule has 2 atom stereocenters. The van der Waals surface area contributed by atoms with E-state index in [4.69, 9.17) is 0 Å². The molecule has 0 saturated carbocycles. The predicted octanol–water partition coefficient (Wildman–Crippen LogP) is 2.60. The van der Waals surface area contributed by atoms with Gasteiger partial charge in [-0.3, -0.25) is 15.0 Å². The number of nitro benzene ring substituents is 1. The van der Waals surface area contributed by atoms with Gasteiger partial charge in [0.05, 0.1) is 4.92 Å². The molecule has 2 rings (SSSR count). The van der Waals surface area contributed by atoms with Gasteiger partial charge in [-0.1, -0.05) is 32.0 Å². The Kier molecular flexibility index (Phi) is 5.70. The first kappa shape index (κ1) is 15.9. The average molecular weight is 291 g/mol. The molecule has 0 bridgehead atoms. The fraction of sp³-hybridized carbons (Fsp3) is 0.625. The molecular formula is C16H25N3O2. The molecule has 0 aliphatic carbocycles. The lowest BCUT2D eigenvalue weighted by molar-refractivity contribution is -0.385. The van der Waals surface area contributed by atoms with Gasteiger partial charge >= 0.3 is 0 Å². The summed E-state index contributed by atoms with van der Waals surface area (Å²) in [5, 5.41) is 14.7. The number of benzene rings is 1. The topological polar surface area (TPSA) is 58.4 Å². The van der Waals surface area contributed by atoms with Crippen molar-refractivity contribution in [3.05, 3.63) is 39.9 Å². The third-order valence-electron chi connectivity index (χ3n) is 4.43. The van der Waals surface area contributed by atoms with E-state index in [1.165, 1.54) is 0 Å². The van der Waals surface area contributed by atoms with E-state index in [2.05, 4.69) is 24.1 Å². The Hall–Kier alpha value is -1.46. The second-order valence-electron chi connectivity index (χ2n) is 5.71. The Morgan fingerprint density at radius 1 is 1.33 bits per heavy atom. The maximum Gasteiger partial charge on any atom is 0.272 e. The molecule has 0 amide bonds. The minimum absolute atomic E-state index is 0.243. The van der Waals surface area contributed by atoms with E-state index >= 15 is 0 Å². The lowest BCUT2D eigenvalue weighted by atomic mass is 10.0. The molecule has 1 aliphatic heterocycles. The molecule has 5 heteroatoms. The van der Waals surface area contributed by atoms with E-state index in [1.54, 1.807) is 12.1 Å². The van der Waals surface area contributed by atoms with E-state index in [1.807, 2.05) is 12.1 Å². The van der Waals surface area contributed by atoms with Crippen LogP contribution in [0, 0.1) is 10.1 Å². The summed E-state index contributed by atoms with van der Waals surface area (Å²) in [4.78, 5) is 13.3. The van der Waals surface area contributed by atoms with Crippen LogP contribution < -0.4 is 5.32 Å². The SMILES string of the molecule is CCC1CN(CCc2ccccc2[N+](=O)[O-])C(CC)CN1. The zero-order valence-corrected chi connectivity index (χ0v) is 12.9. The molecule has 1 aromatic carbocycles. The molecular weight excluding hydrogens is 266 g/mol. The smallest absolute Gasteiger partial charge is 0.272 e. The lowest BCUT2D eigenvalue weighted by Crippen LogP contribution is -2.56. The second kappa shape index (κ2) is 7.52. The van der Waals surface area contributed by atoms with Gasteiger partial charge in [-0.15, -0.1) is 0 Å². The molecule has 0 aromatic heterocycles. The third kappa shape index (κ3) is 4.02. The van der Waals surface area contributed by atoms with Crippen molar-refractivity contribution in [2.75, 3.05) is 19.6 Å². The Balaban J connectivity index is 2.02. The second-order valence-corrected chi connectivity index (χ2v) is 5.71. The van der Waals surface area contributed by atoms with Gasteiger partial charge in [0.1, 0.15) is 0 Å². The van der Waals surface area contributed by atoms with E-state index in [9.17, 15) is 10.1 Å². The molecule has 1 saturated heterocycles. The number of para-hydroxylation sites is 1. The number of hydrogen-bond acceptors (Lipinski definition) is 4. The third-order valence-corrected chi connectivity index (χ3v) is 4.43. The first-order chi connectivity index (χ1) is 10.2. The van der Waals surface area contributed by atoms with Crippen LogP contribution in [0.4, 0.5) is 5.69 Å². The summed E-state index contributed by atoms with van der Waals surface area (Å²) in [6, 6.07) is 8.16. The Bertz CT molecular complexity index is 478. The molecule has 1 aromatic rings. The van der Waals surface area contributed by atoms with Crippen LogP contribution in [0.5, 0.6) is 0 Å². The van der Waals surface area contributed by atoms with Gasteiger partial charge in [0.25, 0.3) is 5.69 Å². The maximum absolute atomic E-state index is 11.1. The van der Waals surface area contributed by atoms with Gasteiger partial charge in [0.15, 0.2) is 0 Å². The number of nitrogens with one attached hydrogen (secondary N) is 1. The predicted molar refractivity (Wildman–Crippen MR) is 84.5 cm³/mol. The van der Waals surface area contributed by atoms with Crippen LogP contribution in [-0.2, 0) is 6.42 Å². The number of rotatable bonds is 6. The van der Waals surface area contributed by atoms with Crippen LogP contribution in [0.25, 0.3) is 0 Å². The van der Waals surface area contributed by atoms with Crippen molar-refractivity contribution in [1.29, 1.82) is 0 Å². The summed E-state index contributed by atoms with van der Waals surface area (Å²) in [6.45, 7) is 7.35. The first-order valence-electron chi connectivity index (χ1n) is 7.85. The van der Waals surface area contributed by atoms with Gasteiger partial charge in [0, 0.05) is 43.3 Å². The van der Waals surface area contributed by atoms with Crippen molar-refractivity contribution in [3.63, 3.8) is 0 Å². The van der Waals surface area contributed by atoms with Crippen molar-refractivity contribution in [1.82, 2.24) is 10.2 Å². The van der Waals surface area contributed by atoms with E-state index < -0.39 is 0 Å². The van der Waals surface area contributed by atoms with Crippen LogP contribution in [-0.4, -0.2) is 41.5 Å². The van der Waals surface area contributed by atoms with E-state index in [-0.39, 0.29) is 10.6 Å². The van der Waals surface area contributed by atoms with Crippen molar-refractivity contribution >= 4 is 5.69 Å². The summed E-state index contributed by atoms with van der Waals surface area (Å²) in [5.74, 6) is 0. The lowest BCUT2D eigenvalue weighted by Gasteiger charge is -2.40. The number of nitro groups is 1. The summed E-state index contributed by atoms with van der Waals surface area (Å²) < 4.78 is 0. The molecule has 1 heterocycles. The molecule has 21 heavy (non-hydrogen) atoms. The summed E-state index contributed by atoms with van der Waals surface area (Å²) in [6.07, 6.45) is 2.98. The molecule has 2 unspecified atom stereocenters. The molecule has 1 aliphatic rings. The van der Waals surface area contributed by atoms with Crippen LogP contribution in [0.3, 0.4) is 0 Å². The number of hydrogen-bond donors (Lipinski definition) is 1. The van der Waals surface area contributed by atoms with Crippen molar-refractivity contribution in [2.45, 2.75) is 45.2 Å². The summed E-state index contributed by atoms with van der Waals surface area (Å²) >= 11 is 0. The normalized spacial score (nSPS) is 23.1. The average Bonchev–Trinajstić information content (AvgIpc) is 2.52. The minimum atomic E-state index is -0.279. The molecule has 1 fully saturated rings. The molecule has 116 valence electrons. The van der Waals surface area contributed by atoms with E-state index in [0.717, 1.165) is 44.5 Å². The Morgan fingerprint density at radius 2 is 2.10 bits per heavy atom. The largest absolute Gasteiger partial charge is 0.311 e. The fourth-order valence-corrected chi connectivity index (χ4v) is 3.04. The van der Waals surface area contributed by atoms with E-state index in [0.29, 0.717) is 12.1 Å². The standard InChI is InChI=1S/C16H25N3O2/c1-3-14-12-18(15(4-2)11-17-14)10-9-13-7-5-6-8-16(13)19(20)21/h5-8,14-15,17H,3-4,9-12H2,1-2H3. The zero-order valence-electron chi connectivity index (χ0n) is 12.9. The molecule has 0 spiro atoms. The summed E-state index contributed by atoms with van der Waals surface area (Å²) in [5.41, 5.74) is 1.08. The number of piperazine rings is 1. The van der Waals surface area contributed by atoms with Gasteiger partial charge in [-0.2, -0.15) is 0 Å². The van der Waals surface area contributed by atoms with Gasteiger partial charge in [-0.25, -0.2) is 0 Å². The van der Waals surface area contributed by atoms with Gasteiger partial charge < -0.3 is 5.32 Å². The maximum atomic E-state index is 11.1. The highest BCUT2D eigenvalue weighted by Crippen LogP contribution is 2.20. The van der Waals surface area contributed by atoms with Crippen molar-refractivity contribution < 1.29 is 4.92 Å². The van der Waals surface area contributed by atoms with Crippen molar-refractivity contribution in [3.8, 4) is 0 Å². The molecule has 1 N–H and O–H groups in total. The number of nitrogens with zero attached hydrogens (tertiary/aromatic N) is 2. The molecule has 5 nitrogen and oxygen atoms in total. The first-order valence-corrected chi connectivity index (χ1v) is 7.85. The monoisotopic (exact) mass is 291 g/mol. The molecule has 0 radical (unpaired) electrons. The van der Waals surface area contributed by atoms with Gasteiger partial charge in [-0.05, 0) is 19.3 Å². The van der Waals surface area contributed by atoms with Crippen LogP contribution >= 0.6 is 0 Å². The highest BCUT2D eigenvalue weighted by Gasteiger charge is 2.26. The van der Waals surface area contributed by atoms with Crippen molar-refractivity contribution in [2.24, 2.45) is 0 Å². The zero-order chi connectivity index (χ0) is 15.2. The van der Waals surface area contributed by atoms with Gasteiger partial charge in [0.2, 0.25) is 0 Å². The van der Waals surface area contributed by atoms with Crippen LogP contribution in [0.2, 0.25) is 0 Å². The fourth-order valence-electron chi connectivity index (χ4n) is 3.04. The minimum Gasteiger partial charge on any atom is -0.311 e. The highest BCUT2D eigenvalue weighted by atomic mass is 16.6. The Labute approximate surface area is 126 Å². The quantitative estimate of drug-likeness (QED) is 0.646. The van der Waals surface area contributed by atoms with Crippen LogP contribution in [0.15, 0.2) is 24.3 Å². The Morgan fingerprint density at radius 3 is 2.76 bits per heavy atom. The van der Waals surface area contributed by atoms with Crippen LogP contribution in [0.1, 0.15) is 32.3 Å². The summed E-state index contributed by atoms with van der Waals surface area (Å²) in [7, 11) is 0.